The van der Waals surface area contributed by atoms with Crippen LogP contribution in [-0.2, 0) is 12.8 Å². The average Bonchev–Trinajstić information content (AvgIpc) is 2.46. The van der Waals surface area contributed by atoms with Gasteiger partial charge in [0, 0.05) is 27.9 Å². The van der Waals surface area contributed by atoms with Gasteiger partial charge in [0.2, 0.25) is 0 Å². The Morgan fingerprint density at radius 1 is 1.35 bits per heavy atom. The maximum Gasteiger partial charge on any atom is 0.0449 e. The lowest BCUT2D eigenvalue weighted by atomic mass is 10.00. The zero-order valence-electron chi connectivity index (χ0n) is 11.0. The number of benzene rings is 1. The Kier molecular flexibility index (Phi) is 5.98. The van der Waals surface area contributed by atoms with Crippen molar-refractivity contribution >= 4 is 27.5 Å². The lowest BCUT2D eigenvalue weighted by molar-refractivity contribution is 0.491. The van der Waals surface area contributed by atoms with Crippen LogP contribution < -0.4 is 11.3 Å². The van der Waals surface area contributed by atoms with Crippen molar-refractivity contribution < 1.29 is 0 Å². The van der Waals surface area contributed by atoms with Crippen LogP contribution in [0.15, 0.2) is 47.2 Å². The van der Waals surface area contributed by atoms with Crippen LogP contribution in [-0.4, -0.2) is 11.0 Å². The summed E-state index contributed by atoms with van der Waals surface area (Å²) in [4.78, 5) is 4.12. The van der Waals surface area contributed by atoms with Gasteiger partial charge in [0.15, 0.2) is 0 Å². The molecule has 0 aliphatic carbocycles. The van der Waals surface area contributed by atoms with Crippen molar-refractivity contribution in [2.75, 3.05) is 0 Å². The number of aromatic nitrogens is 1. The molecule has 1 heterocycles. The quantitative estimate of drug-likeness (QED) is 0.616. The Balaban J connectivity index is 1.95. The van der Waals surface area contributed by atoms with Crippen LogP contribution in [0.2, 0.25) is 5.02 Å². The monoisotopic (exact) mass is 353 g/mol. The van der Waals surface area contributed by atoms with Crippen molar-refractivity contribution in [1.29, 1.82) is 0 Å². The van der Waals surface area contributed by atoms with Crippen LogP contribution in [0, 0.1) is 0 Å². The first-order chi connectivity index (χ1) is 9.69. The van der Waals surface area contributed by atoms with E-state index in [-0.39, 0.29) is 6.04 Å². The van der Waals surface area contributed by atoms with E-state index in [1.165, 1.54) is 5.56 Å². The minimum absolute atomic E-state index is 0.189. The minimum Gasteiger partial charge on any atom is -0.271 e. The van der Waals surface area contributed by atoms with Gasteiger partial charge in [-0.05, 0) is 48.6 Å². The summed E-state index contributed by atoms with van der Waals surface area (Å²) < 4.78 is 0.985. The number of rotatable bonds is 6. The Labute approximate surface area is 132 Å². The van der Waals surface area contributed by atoms with E-state index in [1.807, 2.05) is 30.5 Å². The van der Waals surface area contributed by atoms with E-state index in [0.717, 1.165) is 34.3 Å². The van der Waals surface area contributed by atoms with Crippen LogP contribution >= 0.6 is 27.5 Å². The molecule has 0 aliphatic rings. The van der Waals surface area contributed by atoms with E-state index >= 15 is 0 Å². The maximum atomic E-state index is 6.24. The zero-order chi connectivity index (χ0) is 14.4. The number of hydrazine groups is 1. The van der Waals surface area contributed by atoms with Crippen molar-refractivity contribution in [2.45, 2.75) is 25.3 Å². The van der Waals surface area contributed by atoms with E-state index in [1.54, 1.807) is 6.20 Å². The zero-order valence-corrected chi connectivity index (χ0v) is 13.4. The second-order valence-corrected chi connectivity index (χ2v) is 6.03. The second-order valence-electron chi connectivity index (χ2n) is 4.70. The molecule has 3 N–H and O–H groups in total. The van der Waals surface area contributed by atoms with Gasteiger partial charge in [0.05, 0.1) is 0 Å². The van der Waals surface area contributed by atoms with Crippen molar-refractivity contribution in [1.82, 2.24) is 10.4 Å². The van der Waals surface area contributed by atoms with Crippen molar-refractivity contribution in [2.24, 2.45) is 5.84 Å². The van der Waals surface area contributed by atoms with Crippen molar-refractivity contribution in [3.63, 3.8) is 0 Å². The molecule has 0 spiro atoms. The van der Waals surface area contributed by atoms with E-state index in [0.29, 0.717) is 0 Å². The third-order valence-electron chi connectivity index (χ3n) is 3.22. The van der Waals surface area contributed by atoms with Crippen LogP contribution in [0.4, 0.5) is 0 Å². The molecule has 0 amide bonds. The number of nitrogens with zero attached hydrogens (tertiary/aromatic N) is 1. The van der Waals surface area contributed by atoms with Gasteiger partial charge in [-0.25, -0.2) is 0 Å². The number of hydrogen-bond donors (Lipinski definition) is 2. The van der Waals surface area contributed by atoms with E-state index < -0.39 is 0 Å². The van der Waals surface area contributed by atoms with Crippen LogP contribution in [0.3, 0.4) is 0 Å². The molecular weight excluding hydrogens is 338 g/mol. The highest BCUT2D eigenvalue weighted by atomic mass is 79.9. The van der Waals surface area contributed by atoms with Gasteiger partial charge in [0.25, 0.3) is 0 Å². The van der Waals surface area contributed by atoms with Gasteiger partial charge < -0.3 is 0 Å². The molecule has 0 aliphatic heterocycles. The molecular formula is C15H17BrClN3. The molecule has 2 rings (SSSR count). The number of nitrogens with two attached hydrogens (primary N) is 1. The maximum absolute atomic E-state index is 6.24. The number of nitrogens with one attached hydrogen (secondary N) is 1. The molecule has 0 saturated carbocycles. The fraction of sp³-hybridized carbons (Fsp3) is 0.267. The predicted molar refractivity (Wildman–Crippen MR) is 86.5 cm³/mol. The SMILES string of the molecule is NNC(CCc1cccnc1)Cc1ccc(Br)cc1Cl. The molecule has 0 radical (unpaired) electrons. The molecule has 0 bridgehead atoms. The number of aryl methyl sites for hydroxylation is 1. The molecule has 20 heavy (non-hydrogen) atoms. The van der Waals surface area contributed by atoms with Gasteiger partial charge in [-0.1, -0.05) is 39.7 Å². The summed E-state index contributed by atoms with van der Waals surface area (Å²) >= 11 is 9.65. The highest BCUT2D eigenvalue weighted by Crippen LogP contribution is 2.23. The largest absolute Gasteiger partial charge is 0.271 e. The second kappa shape index (κ2) is 7.74. The number of hydrogen-bond acceptors (Lipinski definition) is 3. The Morgan fingerprint density at radius 2 is 2.20 bits per heavy atom. The van der Waals surface area contributed by atoms with Crippen molar-refractivity contribution in [3.8, 4) is 0 Å². The highest BCUT2D eigenvalue weighted by Gasteiger charge is 2.11. The van der Waals surface area contributed by atoms with Gasteiger partial charge >= 0.3 is 0 Å². The van der Waals surface area contributed by atoms with Crippen LogP contribution in [0.25, 0.3) is 0 Å². The summed E-state index contributed by atoms with van der Waals surface area (Å²) in [5.41, 5.74) is 5.19. The molecule has 106 valence electrons. The lowest BCUT2D eigenvalue weighted by Gasteiger charge is -2.16. The van der Waals surface area contributed by atoms with E-state index in [2.05, 4.69) is 32.4 Å². The average molecular weight is 355 g/mol. The topological polar surface area (TPSA) is 50.9 Å². The minimum atomic E-state index is 0.189. The van der Waals surface area contributed by atoms with Gasteiger partial charge in [-0.2, -0.15) is 0 Å². The summed E-state index contributed by atoms with van der Waals surface area (Å²) in [5, 5.41) is 0.765. The summed E-state index contributed by atoms with van der Waals surface area (Å²) in [6.45, 7) is 0. The fourth-order valence-corrected chi connectivity index (χ4v) is 2.83. The van der Waals surface area contributed by atoms with Gasteiger partial charge in [0.1, 0.15) is 0 Å². The Hall–Kier alpha value is -0.940. The van der Waals surface area contributed by atoms with Crippen LogP contribution in [0.1, 0.15) is 17.5 Å². The third kappa shape index (κ3) is 4.56. The molecule has 1 atom stereocenters. The number of pyridine rings is 1. The molecule has 2 aromatic rings. The molecule has 1 aromatic heterocycles. The molecule has 0 saturated heterocycles. The fourth-order valence-electron chi connectivity index (χ4n) is 2.08. The molecule has 3 nitrogen and oxygen atoms in total. The first kappa shape index (κ1) is 15.4. The molecule has 5 heteroatoms. The van der Waals surface area contributed by atoms with E-state index in [9.17, 15) is 0 Å². The first-order valence-corrected chi connectivity index (χ1v) is 7.65. The van der Waals surface area contributed by atoms with Gasteiger partial charge in [-0.15, -0.1) is 0 Å². The molecule has 1 unspecified atom stereocenters. The summed E-state index contributed by atoms with van der Waals surface area (Å²) in [7, 11) is 0. The standard InChI is InChI=1S/C15H17BrClN3/c16-13-5-4-12(15(17)9-13)8-14(20-18)6-3-11-2-1-7-19-10-11/h1-2,4-5,7,9-10,14,20H,3,6,8,18H2. The predicted octanol–water partition coefficient (Wildman–Crippen LogP) is 3.50. The summed E-state index contributed by atoms with van der Waals surface area (Å²) in [6.07, 6.45) is 6.36. The first-order valence-electron chi connectivity index (χ1n) is 6.48. The molecule has 1 aromatic carbocycles. The van der Waals surface area contributed by atoms with Crippen molar-refractivity contribution in [3.05, 3.63) is 63.3 Å². The Bertz CT molecular complexity index is 548. The van der Waals surface area contributed by atoms with Gasteiger partial charge in [-0.3, -0.25) is 16.3 Å². The normalized spacial score (nSPS) is 12.3. The number of halogens is 2. The molecule has 0 fully saturated rings. The summed E-state index contributed by atoms with van der Waals surface area (Å²) in [6, 6.07) is 10.1. The highest BCUT2D eigenvalue weighted by molar-refractivity contribution is 9.10. The smallest absolute Gasteiger partial charge is 0.0449 e. The third-order valence-corrected chi connectivity index (χ3v) is 4.07. The lowest BCUT2D eigenvalue weighted by Crippen LogP contribution is -2.37. The van der Waals surface area contributed by atoms with E-state index in [4.69, 9.17) is 17.4 Å². The van der Waals surface area contributed by atoms with Crippen LogP contribution in [0.5, 0.6) is 0 Å². The summed E-state index contributed by atoms with van der Waals surface area (Å²) in [5.74, 6) is 5.65. The Morgan fingerprint density at radius 3 is 2.85 bits per heavy atom.